The van der Waals surface area contributed by atoms with Gasteiger partial charge < -0.3 is 21.2 Å². The third-order valence-corrected chi connectivity index (χ3v) is 2.28. The Balaban J connectivity index is 3.27. The van der Waals surface area contributed by atoms with Gasteiger partial charge in [-0.15, -0.1) is 0 Å². The van der Waals surface area contributed by atoms with Crippen molar-refractivity contribution in [3.05, 3.63) is 23.5 Å². The minimum absolute atomic E-state index is 0.376. The largest absolute Gasteiger partial charge is 0.480 e. The third kappa shape index (κ3) is 2.31. The molecule has 0 amide bonds. The van der Waals surface area contributed by atoms with Crippen molar-refractivity contribution >= 4 is 17.5 Å². The molecular weight excluding hydrogens is 204 g/mol. The monoisotopic (exact) mass is 220 g/mol. The van der Waals surface area contributed by atoms with E-state index in [2.05, 4.69) is 10.3 Å². The van der Waals surface area contributed by atoms with Crippen molar-refractivity contribution in [2.45, 2.75) is 6.92 Å². The number of aromatic nitrogens is 1. The lowest BCUT2D eigenvalue weighted by atomic mass is 10.1. The van der Waals surface area contributed by atoms with Crippen LogP contribution in [-0.4, -0.2) is 25.4 Å². The highest BCUT2D eigenvalue weighted by Gasteiger charge is 2.08. The van der Waals surface area contributed by atoms with Crippen LogP contribution in [-0.2, 0) is 0 Å². The first kappa shape index (κ1) is 12.0. The molecule has 5 heteroatoms. The van der Waals surface area contributed by atoms with Crippen molar-refractivity contribution in [3.63, 3.8) is 0 Å². The van der Waals surface area contributed by atoms with Gasteiger partial charge in [-0.05, 0) is 19.1 Å². The summed E-state index contributed by atoms with van der Waals surface area (Å²) in [4.78, 5) is 4.23. The van der Waals surface area contributed by atoms with E-state index >= 15 is 0 Å². The highest BCUT2D eigenvalue weighted by Crippen LogP contribution is 2.22. The molecule has 0 fully saturated rings. The molecule has 0 aliphatic carbocycles. The third-order valence-electron chi connectivity index (χ3n) is 2.28. The highest BCUT2D eigenvalue weighted by atomic mass is 16.5. The van der Waals surface area contributed by atoms with Gasteiger partial charge in [0.1, 0.15) is 0 Å². The van der Waals surface area contributed by atoms with Crippen molar-refractivity contribution in [1.82, 2.24) is 10.3 Å². The van der Waals surface area contributed by atoms with Crippen LogP contribution in [0, 0.1) is 5.41 Å². The van der Waals surface area contributed by atoms with Crippen LogP contribution in [0.2, 0.25) is 0 Å². The lowest BCUT2D eigenvalue weighted by Crippen LogP contribution is -2.07. The van der Waals surface area contributed by atoms with Crippen molar-refractivity contribution in [2.75, 3.05) is 19.9 Å². The predicted octanol–water partition coefficient (Wildman–Crippen LogP) is 1.27. The molecule has 0 aromatic carbocycles. The van der Waals surface area contributed by atoms with Crippen LogP contribution in [0.4, 0.5) is 5.69 Å². The number of nitrogens with zero attached hydrogens (tertiary/aromatic N) is 1. The van der Waals surface area contributed by atoms with Gasteiger partial charge in [-0.3, -0.25) is 0 Å². The smallest absolute Gasteiger partial charge is 0.237 e. The van der Waals surface area contributed by atoms with E-state index in [0.717, 1.165) is 5.70 Å². The molecule has 86 valence electrons. The van der Waals surface area contributed by atoms with E-state index in [1.54, 1.807) is 19.2 Å². The summed E-state index contributed by atoms with van der Waals surface area (Å²) in [5.74, 6) is 0.376. The molecule has 0 unspecified atom stereocenters. The maximum Gasteiger partial charge on any atom is 0.237 e. The second-order valence-corrected chi connectivity index (χ2v) is 3.23. The minimum Gasteiger partial charge on any atom is -0.480 e. The molecule has 5 nitrogen and oxygen atoms in total. The maximum absolute atomic E-state index is 7.38. The van der Waals surface area contributed by atoms with Gasteiger partial charge in [0.25, 0.3) is 0 Å². The molecule has 1 heterocycles. The first-order chi connectivity index (χ1) is 7.63. The van der Waals surface area contributed by atoms with Gasteiger partial charge in [-0.1, -0.05) is 0 Å². The standard InChI is InChI=1S/C11H16N4O/c1-7(14-2)8(6-12)10-5-4-9(13)11(15-10)16-3/h4-6,12,14H,13H2,1-3H3/b8-7+,12-6?. The molecule has 0 saturated heterocycles. The Kier molecular flexibility index (Phi) is 3.88. The van der Waals surface area contributed by atoms with E-state index in [1.165, 1.54) is 13.3 Å². The minimum atomic E-state index is 0.376. The highest BCUT2D eigenvalue weighted by molar-refractivity contribution is 6.08. The van der Waals surface area contributed by atoms with E-state index < -0.39 is 0 Å². The number of hydrogen-bond acceptors (Lipinski definition) is 5. The fraction of sp³-hybridized carbons (Fsp3) is 0.273. The topological polar surface area (TPSA) is 84.0 Å². The second-order valence-electron chi connectivity index (χ2n) is 3.23. The second kappa shape index (κ2) is 5.16. The molecule has 16 heavy (non-hydrogen) atoms. The van der Waals surface area contributed by atoms with E-state index in [4.69, 9.17) is 15.9 Å². The molecule has 0 saturated carbocycles. The summed E-state index contributed by atoms with van der Waals surface area (Å²) < 4.78 is 5.04. The SMILES string of the molecule is CN/C(C)=C(\C=N)c1ccc(N)c(OC)n1. The number of anilines is 1. The molecule has 0 atom stereocenters. The normalized spacial score (nSPS) is 11.7. The zero-order chi connectivity index (χ0) is 12.1. The van der Waals surface area contributed by atoms with Crippen LogP contribution in [0.5, 0.6) is 5.88 Å². The number of nitrogens with two attached hydrogens (primary N) is 1. The number of methoxy groups -OCH3 is 1. The quantitative estimate of drug-likeness (QED) is 0.667. The van der Waals surface area contributed by atoms with Crippen LogP contribution in [0.1, 0.15) is 12.6 Å². The maximum atomic E-state index is 7.38. The first-order valence-corrected chi connectivity index (χ1v) is 4.84. The predicted molar refractivity (Wildman–Crippen MR) is 65.6 cm³/mol. The number of hydrogen-bond donors (Lipinski definition) is 3. The van der Waals surface area contributed by atoms with E-state index in [9.17, 15) is 0 Å². The summed E-state index contributed by atoms with van der Waals surface area (Å²) in [7, 11) is 3.31. The fourth-order valence-corrected chi connectivity index (χ4v) is 1.27. The summed E-state index contributed by atoms with van der Waals surface area (Å²) in [5.41, 5.74) is 8.40. The number of nitrogen functional groups attached to an aromatic ring is 1. The average molecular weight is 220 g/mol. The number of pyridine rings is 1. The van der Waals surface area contributed by atoms with Crippen LogP contribution < -0.4 is 15.8 Å². The van der Waals surface area contributed by atoms with Crippen molar-refractivity contribution in [1.29, 1.82) is 5.41 Å². The van der Waals surface area contributed by atoms with Crippen LogP contribution >= 0.6 is 0 Å². The average Bonchev–Trinajstić information content (AvgIpc) is 2.31. The molecule has 1 aromatic heterocycles. The number of ether oxygens (including phenoxy) is 1. The molecule has 1 rings (SSSR count). The van der Waals surface area contributed by atoms with Crippen molar-refractivity contribution in [2.24, 2.45) is 0 Å². The molecule has 0 aliphatic rings. The molecule has 0 spiro atoms. The molecular formula is C11H16N4O. The van der Waals surface area contributed by atoms with Crippen LogP contribution in [0.25, 0.3) is 5.57 Å². The van der Waals surface area contributed by atoms with Gasteiger partial charge in [-0.2, -0.15) is 0 Å². The first-order valence-electron chi connectivity index (χ1n) is 4.84. The molecule has 4 N–H and O–H groups in total. The summed E-state index contributed by atoms with van der Waals surface area (Å²) in [6, 6.07) is 3.48. The zero-order valence-corrected chi connectivity index (χ0v) is 9.66. The zero-order valence-electron chi connectivity index (χ0n) is 9.66. The van der Waals surface area contributed by atoms with E-state index in [0.29, 0.717) is 22.8 Å². The summed E-state index contributed by atoms with van der Waals surface area (Å²) in [6.45, 7) is 1.88. The van der Waals surface area contributed by atoms with Gasteiger partial charge in [0.15, 0.2) is 0 Å². The van der Waals surface area contributed by atoms with Gasteiger partial charge in [0, 0.05) is 24.5 Å². The summed E-state index contributed by atoms with van der Waals surface area (Å²) in [6.07, 6.45) is 1.25. The van der Waals surface area contributed by atoms with Gasteiger partial charge in [-0.25, -0.2) is 4.98 Å². The Morgan fingerprint density at radius 1 is 1.56 bits per heavy atom. The van der Waals surface area contributed by atoms with Gasteiger partial charge in [0.05, 0.1) is 18.5 Å². The van der Waals surface area contributed by atoms with Crippen molar-refractivity contribution in [3.8, 4) is 5.88 Å². The lowest BCUT2D eigenvalue weighted by Gasteiger charge is -2.09. The molecule has 0 bridgehead atoms. The number of allylic oxidation sites excluding steroid dienone is 2. The Morgan fingerprint density at radius 3 is 2.75 bits per heavy atom. The Labute approximate surface area is 94.8 Å². The Morgan fingerprint density at radius 2 is 2.25 bits per heavy atom. The van der Waals surface area contributed by atoms with E-state index in [1.807, 2.05) is 6.92 Å². The molecule has 0 radical (unpaired) electrons. The number of rotatable bonds is 4. The Bertz CT molecular complexity index is 426. The Hall–Kier alpha value is -2.04. The van der Waals surface area contributed by atoms with Crippen molar-refractivity contribution < 1.29 is 4.74 Å². The lowest BCUT2D eigenvalue weighted by molar-refractivity contribution is 0.400. The molecule has 1 aromatic rings. The number of nitrogens with one attached hydrogen (secondary N) is 2. The van der Waals surface area contributed by atoms with E-state index in [-0.39, 0.29) is 0 Å². The van der Waals surface area contributed by atoms with Crippen LogP contribution in [0.3, 0.4) is 0 Å². The fourth-order valence-electron chi connectivity index (χ4n) is 1.27. The van der Waals surface area contributed by atoms with Gasteiger partial charge in [0.2, 0.25) is 5.88 Å². The summed E-state index contributed by atoms with van der Waals surface area (Å²) in [5, 5.41) is 10.4. The summed E-state index contributed by atoms with van der Waals surface area (Å²) >= 11 is 0. The molecule has 0 aliphatic heterocycles. The van der Waals surface area contributed by atoms with Crippen LogP contribution in [0.15, 0.2) is 17.8 Å². The van der Waals surface area contributed by atoms with Gasteiger partial charge >= 0.3 is 0 Å².